The zero-order valence-corrected chi connectivity index (χ0v) is 13.1. The normalized spacial score (nSPS) is 24.9. The maximum absolute atomic E-state index is 3.66. The fraction of sp³-hybridized carbons (Fsp3) is 0.750. The van der Waals surface area contributed by atoms with E-state index in [1.165, 1.54) is 62.1 Å². The predicted molar refractivity (Wildman–Crippen MR) is 82.9 cm³/mol. The number of thiophene rings is 1. The summed E-state index contributed by atoms with van der Waals surface area (Å²) in [6.45, 7) is 4.83. The molecular formula is C16H26N2S. The van der Waals surface area contributed by atoms with Gasteiger partial charge in [0.1, 0.15) is 0 Å². The van der Waals surface area contributed by atoms with E-state index in [0.717, 1.165) is 0 Å². The lowest BCUT2D eigenvalue weighted by Gasteiger charge is -2.45. The second kappa shape index (κ2) is 5.55. The van der Waals surface area contributed by atoms with E-state index in [1.807, 2.05) is 11.3 Å². The Balaban J connectivity index is 1.93. The summed E-state index contributed by atoms with van der Waals surface area (Å²) >= 11 is 1.89. The molecule has 106 valence electrons. The van der Waals surface area contributed by atoms with Crippen molar-refractivity contribution in [3.05, 3.63) is 21.9 Å². The molecule has 0 bridgehead atoms. The topological polar surface area (TPSA) is 15.3 Å². The minimum Gasteiger partial charge on any atom is -0.311 e. The fourth-order valence-electron chi connectivity index (χ4n) is 4.30. The van der Waals surface area contributed by atoms with Crippen LogP contribution in [0.3, 0.4) is 0 Å². The van der Waals surface area contributed by atoms with Gasteiger partial charge in [-0.1, -0.05) is 12.8 Å². The standard InChI is InChI=1S/C16H26N2S/c1-13-11-14(12-19-13)15(17-2)16(7-3-4-8-16)18-9-5-6-10-18/h11-12,15,17H,3-10H2,1-2H3. The molecule has 1 saturated carbocycles. The van der Waals surface area contributed by atoms with Crippen molar-refractivity contribution in [3.63, 3.8) is 0 Å². The monoisotopic (exact) mass is 278 g/mol. The highest BCUT2D eigenvalue weighted by atomic mass is 32.1. The zero-order chi connectivity index (χ0) is 13.3. The van der Waals surface area contributed by atoms with E-state index in [2.05, 4.69) is 35.6 Å². The third-order valence-electron chi connectivity index (χ3n) is 5.12. The number of hydrogen-bond donors (Lipinski definition) is 1. The van der Waals surface area contributed by atoms with Gasteiger partial charge in [-0.2, -0.15) is 0 Å². The lowest BCUT2D eigenvalue weighted by atomic mass is 9.83. The SMILES string of the molecule is CNC(c1csc(C)c1)C1(N2CCCC2)CCCC1. The fourth-order valence-corrected chi connectivity index (χ4v) is 5.03. The van der Waals surface area contributed by atoms with Crippen molar-refractivity contribution in [3.8, 4) is 0 Å². The summed E-state index contributed by atoms with van der Waals surface area (Å²) in [4.78, 5) is 4.23. The van der Waals surface area contributed by atoms with Crippen LogP contribution in [-0.2, 0) is 0 Å². The Labute approximate surface area is 121 Å². The minimum absolute atomic E-state index is 0.388. The molecule has 2 aliphatic rings. The molecule has 0 spiro atoms. The molecule has 1 aliphatic heterocycles. The van der Waals surface area contributed by atoms with Gasteiger partial charge in [0.15, 0.2) is 0 Å². The molecule has 1 saturated heterocycles. The average molecular weight is 278 g/mol. The molecule has 1 aliphatic carbocycles. The van der Waals surface area contributed by atoms with Gasteiger partial charge in [0.2, 0.25) is 0 Å². The Morgan fingerprint density at radius 2 is 1.89 bits per heavy atom. The van der Waals surface area contributed by atoms with Crippen LogP contribution in [-0.4, -0.2) is 30.6 Å². The van der Waals surface area contributed by atoms with Crippen molar-refractivity contribution in [2.24, 2.45) is 0 Å². The summed E-state index contributed by atoms with van der Waals surface area (Å²) in [5.41, 5.74) is 1.90. The second-order valence-corrected chi connectivity index (χ2v) is 7.33. The van der Waals surface area contributed by atoms with Crippen LogP contribution in [0.2, 0.25) is 0 Å². The second-order valence-electron chi connectivity index (χ2n) is 6.22. The van der Waals surface area contributed by atoms with Crippen LogP contribution in [0.4, 0.5) is 0 Å². The van der Waals surface area contributed by atoms with Crippen LogP contribution in [0.5, 0.6) is 0 Å². The van der Waals surface area contributed by atoms with Crippen LogP contribution in [0.1, 0.15) is 55.0 Å². The first-order chi connectivity index (χ1) is 9.26. The Hall–Kier alpha value is -0.380. The Morgan fingerprint density at radius 3 is 2.42 bits per heavy atom. The zero-order valence-electron chi connectivity index (χ0n) is 12.2. The molecule has 3 heteroatoms. The highest BCUT2D eigenvalue weighted by molar-refractivity contribution is 7.10. The third kappa shape index (κ3) is 2.37. The first-order valence-corrected chi connectivity index (χ1v) is 8.61. The van der Waals surface area contributed by atoms with E-state index in [9.17, 15) is 0 Å². The number of nitrogens with zero attached hydrogens (tertiary/aromatic N) is 1. The van der Waals surface area contributed by atoms with Gasteiger partial charge in [-0.05, 0) is 69.8 Å². The molecule has 1 N–H and O–H groups in total. The first kappa shape index (κ1) is 13.6. The maximum atomic E-state index is 3.66. The van der Waals surface area contributed by atoms with E-state index >= 15 is 0 Å². The van der Waals surface area contributed by atoms with E-state index in [1.54, 1.807) is 0 Å². The summed E-state index contributed by atoms with van der Waals surface area (Å²) in [6, 6.07) is 2.90. The first-order valence-electron chi connectivity index (χ1n) is 7.74. The molecule has 2 fully saturated rings. The predicted octanol–water partition coefficient (Wildman–Crippen LogP) is 3.73. The van der Waals surface area contributed by atoms with E-state index in [4.69, 9.17) is 0 Å². The van der Waals surface area contributed by atoms with Gasteiger partial charge in [-0.15, -0.1) is 11.3 Å². The van der Waals surface area contributed by atoms with Crippen molar-refractivity contribution in [1.29, 1.82) is 0 Å². The van der Waals surface area contributed by atoms with Gasteiger partial charge < -0.3 is 5.32 Å². The molecule has 2 heterocycles. The van der Waals surface area contributed by atoms with Gasteiger partial charge in [-0.3, -0.25) is 4.90 Å². The third-order valence-corrected chi connectivity index (χ3v) is 6.00. The number of likely N-dealkylation sites (N-methyl/N-ethyl adjacent to an activating group) is 1. The molecule has 1 atom stereocenters. The summed E-state index contributed by atoms with van der Waals surface area (Å²) in [6.07, 6.45) is 8.32. The highest BCUT2D eigenvalue weighted by Crippen LogP contribution is 2.46. The number of aryl methyl sites for hydroxylation is 1. The Bertz CT molecular complexity index is 414. The maximum Gasteiger partial charge on any atom is 0.0513 e. The minimum atomic E-state index is 0.388. The molecule has 19 heavy (non-hydrogen) atoms. The van der Waals surface area contributed by atoms with Crippen molar-refractivity contribution in [2.45, 2.75) is 57.0 Å². The van der Waals surface area contributed by atoms with E-state index in [0.29, 0.717) is 11.6 Å². The Kier molecular flexibility index (Phi) is 3.97. The number of likely N-dealkylation sites (tertiary alicyclic amines) is 1. The van der Waals surface area contributed by atoms with Crippen molar-refractivity contribution in [1.82, 2.24) is 10.2 Å². The van der Waals surface area contributed by atoms with Crippen LogP contribution in [0.15, 0.2) is 11.4 Å². The van der Waals surface area contributed by atoms with Gasteiger partial charge in [-0.25, -0.2) is 0 Å². The van der Waals surface area contributed by atoms with Gasteiger partial charge in [0.25, 0.3) is 0 Å². The molecule has 2 nitrogen and oxygen atoms in total. The average Bonchev–Trinajstić information content (AvgIpc) is 3.10. The lowest BCUT2D eigenvalue weighted by Crippen LogP contribution is -2.53. The molecule has 0 radical (unpaired) electrons. The molecule has 1 aromatic rings. The molecule has 1 aromatic heterocycles. The number of rotatable bonds is 4. The van der Waals surface area contributed by atoms with Crippen LogP contribution in [0, 0.1) is 6.92 Å². The number of hydrogen-bond acceptors (Lipinski definition) is 3. The van der Waals surface area contributed by atoms with Crippen molar-refractivity contribution < 1.29 is 0 Å². The molecule has 0 aromatic carbocycles. The van der Waals surface area contributed by atoms with Gasteiger partial charge in [0.05, 0.1) is 6.04 Å². The van der Waals surface area contributed by atoms with Crippen LogP contribution in [0.25, 0.3) is 0 Å². The van der Waals surface area contributed by atoms with E-state index < -0.39 is 0 Å². The van der Waals surface area contributed by atoms with Crippen LogP contribution < -0.4 is 5.32 Å². The molecule has 1 unspecified atom stereocenters. The Morgan fingerprint density at radius 1 is 1.21 bits per heavy atom. The summed E-state index contributed by atoms with van der Waals surface area (Å²) in [7, 11) is 2.15. The van der Waals surface area contributed by atoms with Crippen molar-refractivity contribution >= 4 is 11.3 Å². The number of nitrogens with one attached hydrogen (secondary N) is 1. The van der Waals surface area contributed by atoms with E-state index in [-0.39, 0.29) is 0 Å². The van der Waals surface area contributed by atoms with Crippen LogP contribution >= 0.6 is 11.3 Å². The van der Waals surface area contributed by atoms with Crippen molar-refractivity contribution in [2.75, 3.05) is 20.1 Å². The molecule has 3 rings (SSSR count). The lowest BCUT2D eigenvalue weighted by molar-refractivity contribution is 0.0798. The summed E-state index contributed by atoms with van der Waals surface area (Å²) in [5, 5.41) is 6.02. The quantitative estimate of drug-likeness (QED) is 0.903. The summed E-state index contributed by atoms with van der Waals surface area (Å²) < 4.78 is 0. The summed E-state index contributed by atoms with van der Waals surface area (Å²) in [5.74, 6) is 0. The molecule has 0 amide bonds. The molecular weight excluding hydrogens is 252 g/mol. The smallest absolute Gasteiger partial charge is 0.0513 e. The largest absolute Gasteiger partial charge is 0.311 e. The van der Waals surface area contributed by atoms with Gasteiger partial charge in [0, 0.05) is 10.4 Å². The van der Waals surface area contributed by atoms with Gasteiger partial charge >= 0.3 is 0 Å². The highest BCUT2D eigenvalue weighted by Gasteiger charge is 2.46.